The molecule has 1 atom stereocenters. The van der Waals surface area contributed by atoms with Gasteiger partial charge in [-0.3, -0.25) is 4.98 Å². The van der Waals surface area contributed by atoms with Crippen LogP contribution >= 0.6 is 0 Å². The molecular formula is C20H21N. The van der Waals surface area contributed by atoms with E-state index >= 15 is 0 Å². The summed E-state index contributed by atoms with van der Waals surface area (Å²) < 4.78 is 22.9. The Morgan fingerprint density at radius 1 is 1.00 bits per heavy atom. The lowest BCUT2D eigenvalue weighted by atomic mass is 9.96. The lowest BCUT2D eigenvalue weighted by molar-refractivity contribution is 0.869. The van der Waals surface area contributed by atoms with E-state index in [1.165, 1.54) is 11.1 Å². The summed E-state index contributed by atoms with van der Waals surface area (Å²) >= 11 is 0. The molecule has 0 aliphatic carbocycles. The number of benzene rings is 2. The summed E-state index contributed by atoms with van der Waals surface area (Å²) in [6.45, 7) is 3.92. The lowest BCUT2D eigenvalue weighted by Crippen LogP contribution is -1.91. The molecule has 0 spiro atoms. The number of aryl methyl sites for hydroxylation is 2. The molecule has 21 heavy (non-hydrogen) atoms. The van der Waals surface area contributed by atoms with Gasteiger partial charge in [-0.25, -0.2) is 0 Å². The molecule has 0 bridgehead atoms. The van der Waals surface area contributed by atoms with Crippen molar-refractivity contribution in [1.29, 1.82) is 0 Å². The summed E-state index contributed by atoms with van der Waals surface area (Å²) in [5, 5.41) is 2.07. The Bertz CT molecular complexity index is 877. The highest BCUT2D eigenvalue weighted by Crippen LogP contribution is 2.29. The number of nitrogens with zero attached hydrogens (tertiary/aromatic N) is 1. The molecule has 1 aromatic heterocycles. The highest BCUT2D eigenvalue weighted by atomic mass is 14.7. The summed E-state index contributed by atoms with van der Waals surface area (Å²) in [7, 11) is 0. The maximum Gasteiger partial charge on any atom is 0.0780 e. The van der Waals surface area contributed by atoms with Crippen LogP contribution in [0.15, 0.2) is 48.7 Å². The molecule has 0 radical (unpaired) electrons. The fourth-order valence-corrected chi connectivity index (χ4v) is 2.81. The van der Waals surface area contributed by atoms with Crippen LogP contribution in [0.1, 0.15) is 40.5 Å². The fraction of sp³-hybridized carbons (Fsp3) is 0.250. The van der Waals surface area contributed by atoms with Gasteiger partial charge in [0.25, 0.3) is 0 Å². The molecule has 106 valence electrons. The summed E-state index contributed by atoms with van der Waals surface area (Å²) in [6.07, 6.45) is 1.79. The van der Waals surface area contributed by atoms with Gasteiger partial charge in [-0.2, -0.15) is 0 Å². The van der Waals surface area contributed by atoms with Crippen LogP contribution in [0, 0.1) is 13.8 Å². The van der Waals surface area contributed by atoms with Gasteiger partial charge in [0.2, 0.25) is 0 Å². The predicted molar refractivity (Wildman–Crippen MR) is 90.7 cm³/mol. The fourth-order valence-electron chi connectivity index (χ4n) is 2.81. The van der Waals surface area contributed by atoms with Crippen LogP contribution in [-0.2, 0) is 0 Å². The van der Waals surface area contributed by atoms with Crippen molar-refractivity contribution >= 4 is 10.8 Å². The second kappa shape index (κ2) is 5.33. The lowest BCUT2D eigenvalue weighted by Gasteiger charge is -2.11. The van der Waals surface area contributed by atoms with Crippen LogP contribution in [0.25, 0.3) is 22.0 Å². The van der Waals surface area contributed by atoms with Crippen molar-refractivity contribution < 1.29 is 4.11 Å². The topological polar surface area (TPSA) is 12.9 Å². The van der Waals surface area contributed by atoms with E-state index in [1.54, 1.807) is 13.1 Å². The molecular weight excluding hydrogens is 254 g/mol. The Morgan fingerprint density at radius 2 is 1.76 bits per heavy atom. The van der Waals surface area contributed by atoms with Gasteiger partial charge in [-0.1, -0.05) is 49.2 Å². The summed E-state index contributed by atoms with van der Waals surface area (Å²) in [5.41, 5.74) is 5.27. The number of aromatic nitrogens is 1. The SMILES string of the molecule is [2H]C([2H])([2H])C(C)c1ccc2c(-c3cc(C)cc(C)c3)nccc2c1. The number of hydrogen-bond acceptors (Lipinski definition) is 1. The summed E-state index contributed by atoms with van der Waals surface area (Å²) in [5.74, 6) is -0.486. The van der Waals surface area contributed by atoms with Gasteiger partial charge in [-0.05, 0) is 48.9 Å². The van der Waals surface area contributed by atoms with E-state index < -0.39 is 12.8 Å². The van der Waals surface area contributed by atoms with Crippen LogP contribution in [0.5, 0.6) is 0 Å². The Labute approximate surface area is 130 Å². The minimum Gasteiger partial charge on any atom is -0.256 e. The predicted octanol–water partition coefficient (Wildman–Crippen LogP) is 5.64. The quantitative estimate of drug-likeness (QED) is 0.591. The molecule has 1 nitrogen and oxygen atoms in total. The Morgan fingerprint density at radius 3 is 2.48 bits per heavy atom. The van der Waals surface area contributed by atoms with E-state index in [0.717, 1.165) is 27.6 Å². The highest BCUT2D eigenvalue weighted by Gasteiger charge is 2.08. The maximum absolute atomic E-state index is 7.63. The van der Waals surface area contributed by atoms with E-state index in [-0.39, 0.29) is 0 Å². The van der Waals surface area contributed by atoms with Crippen LogP contribution in [-0.4, -0.2) is 4.98 Å². The van der Waals surface area contributed by atoms with E-state index in [2.05, 4.69) is 37.0 Å². The number of pyridine rings is 1. The van der Waals surface area contributed by atoms with Crippen LogP contribution in [0.4, 0.5) is 0 Å². The maximum atomic E-state index is 7.63. The van der Waals surface area contributed by atoms with Crippen molar-refractivity contribution in [3.05, 3.63) is 65.4 Å². The monoisotopic (exact) mass is 278 g/mol. The van der Waals surface area contributed by atoms with Gasteiger partial charge < -0.3 is 0 Å². The van der Waals surface area contributed by atoms with Crippen LogP contribution in [0.2, 0.25) is 0 Å². The molecule has 0 N–H and O–H groups in total. The molecule has 1 heteroatoms. The van der Waals surface area contributed by atoms with Gasteiger partial charge >= 0.3 is 0 Å². The average Bonchev–Trinajstić information content (AvgIpc) is 2.51. The molecule has 0 fully saturated rings. The molecule has 2 aromatic carbocycles. The molecule has 1 unspecified atom stereocenters. The van der Waals surface area contributed by atoms with Gasteiger partial charge in [-0.15, -0.1) is 0 Å². The smallest absolute Gasteiger partial charge is 0.0780 e. The van der Waals surface area contributed by atoms with Gasteiger partial charge in [0.15, 0.2) is 0 Å². The molecule has 0 saturated heterocycles. The normalized spacial score (nSPS) is 15.3. The van der Waals surface area contributed by atoms with Crippen molar-refractivity contribution in [2.24, 2.45) is 0 Å². The zero-order valence-electron chi connectivity index (χ0n) is 15.6. The summed E-state index contributed by atoms with van der Waals surface area (Å²) in [4.78, 5) is 4.57. The molecule has 0 amide bonds. The standard InChI is InChI=1S/C20H21N/c1-13(2)16-5-6-19-17(12-16)7-8-21-20(19)18-10-14(3)9-15(4)11-18/h5-13H,1-4H3/i1D3. The molecule has 0 saturated carbocycles. The first kappa shape index (κ1) is 10.6. The Balaban J connectivity index is 2.15. The Kier molecular flexibility index (Phi) is 2.68. The number of hydrogen-bond donors (Lipinski definition) is 0. The zero-order valence-corrected chi connectivity index (χ0v) is 12.6. The first-order valence-electron chi connectivity index (χ1n) is 8.73. The highest BCUT2D eigenvalue weighted by molar-refractivity contribution is 5.95. The third-order valence-corrected chi connectivity index (χ3v) is 3.78. The van der Waals surface area contributed by atoms with E-state index in [4.69, 9.17) is 4.11 Å². The van der Waals surface area contributed by atoms with Crippen LogP contribution < -0.4 is 0 Å². The van der Waals surface area contributed by atoms with Gasteiger partial charge in [0.1, 0.15) is 0 Å². The average molecular weight is 278 g/mol. The van der Waals surface area contributed by atoms with Crippen molar-refractivity contribution in [2.45, 2.75) is 33.5 Å². The minimum atomic E-state index is -1.99. The largest absolute Gasteiger partial charge is 0.256 e. The third kappa shape index (κ3) is 2.69. The van der Waals surface area contributed by atoms with E-state index in [1.807, 2.05) is 24.3 Å². The van der Waals surface area contributed by atoms with Crippen molar-refractivity contribution in [3.63, 3.8) is 0 Å². The van der Waals surface area contributed by atoms with Crippen LogP contribution in [0.3, 0.4) is 0 Å². The van der Waals surface area contributed by atoms with E-state index in [9.17, 15) is 0 Å². The molecule has 1 heterocycles. The molecule has 3 rings (SSSR count). The van der Waals surface area contributed by atoms with Gasteiger partial charge in [0, 0.05) is 21.3 Å². The third-order valence-electron chi connectivity index (χ3n) is 3.78. The minimum absolute atomic E-state index is 0.486. The molecule has 3 aromatic rings. The first-order chi connectivity index (χ1) is 11.3. The van der Waals surface area contributed by atoms with E-state index in [0.29, 0.717) is 0 Å². The molecule has 0 aliphatic rings. The molecule has 0 aliphatic heterocycles. The number of rotatable bonds is 2. The number of fused-ring (bicyclic) bond motifs is 1. The first-order valence-corrected chi connectivity index (χ1v) is 7.23. The second-order valence-corrected chi connectivity index (χ2v) is 5.74. The Hall–Kier alpha value is -2.15. The summed E-state index contributed by atoms with van der Waals surface area (Å²) in [6, 6.07) is 14.2. The van der Waals surface area contributed by atoms with Crippen molar-refractivity contribution in [3.8, 4) is 11.3 Å². The van der Waals surface area contributed by atoms with Crippen molar-refractivity contribution in [2.75, 3.05) is 0 Å². The second-order valence-electron chi connectivity index (χ2n) is 5.74. The van der Waals surface area contributed by atoms with Crippen molar-refractivity contribution in [1.82, 2.24) is 4.98 Å². The zero-order chi connectivity index (χ0) is 17.5. The van der Waals surface area contributed by atoms with Gasteiger partial charge in [0.05, 0.1) is 5.69 Å².